The molecule has 1 aliphatic rings. The van der Waals surface area contributed by atoms with Gasteiger partial charge in [-0.1, -0.05) is 24.3 Å². The number of aromatic nitrogens is 1. The summed E-state index contributed by atoms with van der Waals surface area (Å²) in [5.41, 5.74) is 3.25. The molecule has 1 aliphatic carbocycles. The fourth-order valence-electron chi connectivity index (χ4n) is 1.40. The van der Waals surface area contributed by atoms with E-state index in [-0.39, 0.29) is 0 Å². The van der Waals surface area contributed by atoms with Gasteiger partial charge in [0.25, 0.3) is 0 Å². The molecule has 0 fully saturated rings. The lowest BCUT2D eigenvalue weighted by Crippen LogP contribution is -2.09. The summed E-state index contributed by atoms with van der Waals surface area (Å²) in [4.78, 5) is 4.18. The van der Waals surface area contributed by atoms with E-state index in [4.69, 9.17) is 5.41 Å². The van der Waals surface area contributed by atoms with Gasteiger partial charge in [-0.15, -0.1) is 0 Å². The minimum absolute atomic E-state index is 0.514. The van der Waals surface area contributed by atoms with Crippen LogP contribution in [-0.4, -0.2) is 10.7 Å². The molecule has 1 N–H and O–H groups in total. The van der Waals surface area contributed by atoms with Gasteiger partial charge in [0.05, 0.1) is 11.4 Å². The van der Waals surface area contributed by atoms with Gasteiger partial charge in [-0.3, -0.25) is 10.4 Å². The predicted octanol–water partition coefficient (Wildman–Crippen LogP) is 2.42. The highest BCUT2D eigenvalue weighted by Gasteiger charge is 2.13. The third kappa shape index (κ3) is 1.20. The molecule has 0 atom stereocenters. The Morgan fingerprint density at radius 1 is 1.38 bits per heavy atom. The number of hydrogen-bond donors (Lipinski definition) is 1. The maximum atomic E-state index is 7.85. The number of fused-ring (bicyclic) bond motifs is 1. The van der Waals surface area contributed by atoms with Crippen molar-refractivity contribution in [2.75, 3.05) is 0 Å². The average Bonchev–Trinajstić information content (AvgIpc) is 2.19. The van der Waals surface area contributed by atoms with Gasteiger partial charge in [0.2, 0.25) is 0 Å². The monoisotopic (exact) mass is 170 g/mol. The summed E-state index contributed by atoms with van der Waals surface area (Å²) in [5.74, 6) is 0. The number of allylic oxidation sites excluding steroid dienone is 3. The van der Waals surface area contributed by atoms with Crippen molar-refractivity contribution in [1.82, 2.24) is 4.98 Å². The molecule has 0 saturated carbocycles. The van der Waals surface area contributed by atoms with Crippen molar-refractivity contribution in [3.8, 4) is 0 Å². The molecule has 0 bridgehead atoms. The van der Waals surface area contributed by atoms with E-state index < -0.39 is 0 Å². The van der Waals surface area contributed by atoms with Crippen molar-refractivity contribution in [2.24, 2.45) is 0 Å². The molecule has 1 aromatic rings. The first-order valence-electron chi connectivity index (χ1n) is 4.21. The molecule has 64 valence electrons. The minimum atomic E-state index is 0.514. The Bertz CT molecular complexity index is 414. The van der Waals surface area contributed by atoms with E-state index in [1.807, 2.05) is 37.3 Å². The van der Waals surface area contributed by atoms with Crippen LogP contribution in [0, 0.1) is 5.41 Å². The van der Waals surface area contributed by atoms with Crippen LogP contribution < -0.4 is 0 Å². The van der Waals surface area contributed by atoms with Crippen molar-refractivity contribution >= 4 is 11.8 Å². The molecule has 2 heteroatoms. The molecule has 0 amide bonds. The molecule has 2 nitrogen and oxygen atoms in total. The Morgan fingerprint density at radius 2 is 2.23 bits per heavy atom. The van der Waals surface area contributed by atoms with Gasteiger partial charge in [0, 0.05) is 11.8 Å². The van der Waals surface area contributed by atoms with Crippen LogP contribution in [0.2, 0.25) is 0 Å². The molecule has 0 aromatic carbocycles. The smallest absolute Gasteiger partial charge is 0.0957 e. The third-order valence-corrected chi connectivity index (χ3v) is 2.12. The molecule has 13 heavy (non-hydrogen) atoms. The summed E-state index contributed by atoms with van der Waals surface area (Å²) in [5, 5.41) is 7.85. The molecular formula is C11H10N2. The van der Waals surface area contributed by atoms with E-state index in [2.05, 4.69) is 4.98 Å². The average molecular weight is 170 g/mol. The Hall–Kier alpha value is -1.70. The van der Waals surface area contributed by atoms with E-state index in [1.165, 1.54) is 0 Å². The maximum absolute atomic E-state index is 7.85. The van der Waals surface area contributed by atoms with Gasteiger partial charge < -0.3 is 0 Å². The van der Waals surface area contributed by atoms with Crippen molar-refractivity contribution in [3.05, 3.63) is 47.3 Å². The normalized spacial score (nSPS) is 17.6. The molecule has 2 rings (SSSR count). The quantitative estimate of drug-likeness (QED) is 0.637. The van der Waals surface area contributed by atoms with E-state index >= 15 is 0 Å². The number of hydrogen-bond acceptors (Lipinski definition) is 2. The van der Waals surface area contributed by atoms with Crippen molar-refractivity contribution in [3.63, 3.8) is 0 Å². The Kier molecular flexibility index (Phi) is 1.81. The first-order valence-corrected chi connectivity index (χ1v) is 4.21. The summed E-state index contributed by atoms with van der Waals surface area (Å²) in [6.45, 7) is 1.93. The van der Waals surface area contributed by atoms with Gasteiger partial charge in [0.15, 0.2) is 0 Å². The summed E-state index contributed by atoms with van der Waals surface area (Å²) >= 11 is 0. The third-order valence-electron chi connectivity index (χ3n) is 2.12. The van der Waals surface area contributed by atoms with Crippen LogP contribution in [0.3, 0.4) is 0 Å². The lowest BCUT2D eigenvalue weighted by molar-refractivity contribution is 1.25. The second-order valence-corrected chi connectivity index (χ2v) is 2.89. The lowest BCUT2D eigenvalue weighted by atomic mass is 9.96. The number of rotatable bonds is 0. The van der Waals surface area contributed by atoms with Crippen molar-refractivity contribution in [2.45, 2.75) is 6.92 Å². The standard InChI is InChI=1S/C11H10N2/c1-2-8-5-6-9-4-3-7-13-11(9)10(8)12/h2-7,12H,1H3/b8-2-,12-10?. The van der Waals surface area contributed by atoms with Crippen molar-refractivity contribution < 1.29 is 0 Å². The summed E-state index contributed by atoms with van der Waals surface area (Å²) in [6, 6.07) is 3.86. The summed E-state index contributed by atoms with van der Waals surface area (Å²) in [6.07, 6.45) is 7.60. The van der Waals surface area contributed by atoms with Crippen LogP contribution in [-0.2, 0) is 0 Å². The highest BCUT2D eigenvalue weighted by molar-refractivity contribution is 6.15. The van der Waals surface area contributed by atoms with Crippen LogP contribution in [0.5, 0.6) is 0 Å². The zero-order valence-corrected chi connectivity index (χ0v) is 7.41. The van der Waals surface area contributed by atoms with Gasteiger partial charge >= 0.3 is 0 Å². The van der Waals surface area contributed by atoms with Crippen LogP contribution in [0.25, 0.3) is 6.08 Å². The fraction of sp³-hybridized carbons (Fsp3) is 0.0909. The van der Waals surface area contributed by atoms with Gasteiger partial charge in [-0.05, 0) is 18.6 Å². The van der Waals surface area contributed by atoms with E-state index in [1.54, 1.807) is 6.20 Å². The molecule has 1 heterocycles. The zero-order chi connectivity index (χ0) is 9.26. The zero-order valence-electron chi connectivity index (χ0n) is 7.41. The van der Waals surface area contributed by atoms with E-state index in [9.17, 15) is 0 Å². The van der Waals surface area contributed by atoms with E-state index in [0.29, 0.717) is 5.71 Å². The van der Waals surface area contributed by atoms with Crippen LogP contribution in [0.1, 0.15) is 18.2 Å². The van der Waals surface area contributed by atoms with E-state index in [0.717, 1.165) is 16.8 Å². The Morgan fingerprint density at radius 3 is 3.00 bits per heavy atom. The van der Waals surface area contributed by atoms with Crippen LogP contribution in [0.15, 0.2) is 36.1 Å². The molecule has 0 saturated heterocycles. The van der Waals surface area contributed by atoms with Gasteiger partial charge in [-0.25, -0.2) is 0 Å². The molecule has 1 aromatic heterocycles. The second-order valence-electron chi connectivity index (χ2n) is 2.89. The minimum Gasteiger partial charge on any atom is -0.298 e. The lowest BCUT2D eigenvalue weighted by Gasteiger charge is -2.11. The maximum Gasteiger partial charge on any atom is 0.0957 e. The molecular weight excluding hydrogens is 160 g/mol. The highest BCUT2D eigenvalue weighted by atomic mass is 14.7. The number of nitrogens with zero attached hydrogens (tertiary/aromatic N) is 1. The predicted molar refractivity (Wildman–Crippen MR) is 53.9 cm³/mol. The first kappa shape index (κ1) is 7.92. The fourth-order valence-corrected chi connectivity index (χ4v) is 1.40. The van der Waals surface area contributed by atoms with Crippen LogP contribution in [0.4, 0.5) is 0 Å². The van der Waals surface area contributed by atoms with Crippen LogP contribution >= 0.6 is 0 Å². The number of nitrogens with one attached hydrogen (secondary N) is 1. The molecule has 0 aliphatic heterocycles. The second kappa shape index (κ2) is 2.98. The largest absolute Gasteiger partial charge is 0.298 e. The molecule has 0 spiro atoms. The topological polar surface area (TPSA) is 36.7 Å². The summed E-state index contributed by atoms with van der Waals surface area (Å²) in [7, 11) is 0. The Labute approximate surface area is 77.1 Å². The highest BCUT2D eigenvalue weighted by Crippen LogP contribution is 2.19. The first-order chi connectivity index (χ1) is 6.33. The molecule has 0 radical (unpaired) electrons. The summed E-state index contributed by atoms with van der Waals surface area (Å²) < 4.78 is 0. The van der Waals surface area contributed by atoms with Gasteiger partial charge in [-0.2, -0.15) is 0 Å². The number of pyridine rings is 1. The SMILES string of the molecule is C/C=C1/C=Cc2cccnc2C1=N. The Balaban J connectivity index is 2.61. The van der Waals surface area contributed by atoms with Crippen molar-refractivity contribution in [1.29, 1.82) is 5.41 Å². The molecule has 0 unspecified atom stereocenters. The van der Waals surface area contributed by atoms with Gasteiger partial charge in [0.1, 0.15) is 0 Å².